The van der Waals surface area contributed by atoms with Crippen molar-refractivity contribution in [3.63, 3.8) is 0 Å². The van der Waals surface area contributed by atoms with Gasteiger partial charge in [0.15, 0.2) is 0 Å². The van der Waals surface area contributed by atoms with Crippen molar-refractivity contribution < 1.29 is 23.4 Å². The number of hydrogen-bond donors (Lipinski definition) is 2. The Labute approximate surface area is 157 Å². The quantitative estimate of drug-likeness (QED) is 0.575. The van der Waals surface area contributed by atoms with E-state index in [9.17, 15) is 19.0 Å². The van der Waals surface area contributed by atoms with Gasteiger partial charge in [-0.05, 0) is 30.5 Å². The van der Waals surface area contributed by atoms with Gasteiger partial charge < -0.3 is 14.6 Å². The normalized spacial score (nSPS) is 14.5. The van der Waals surface area contributed by atoms with Crippen LogP contribution in [0.25, 0.3) is 0 Å². The minimum Gasteiger partial charge on any atom is -0.508 e. The van der Waals surface area contributed by atoms with Crippen molar-refractivity contribution in [2.45, 2.75) is 90.1 Å². The summed E-state index contributed by atoms with van der Waals surface area (Å²) in [6, 6.07) is 1.77. The highest BCUT2D eigenvalue weighted by molar-refractivity contribution is 6.77. The van der Waals surface area contributed by atoms with E-state index < -0.39 is 37.4 Å². The first-order valence-corrected chi connectivity index (χ1v) is 11.4. The second kappa shape index (κ2) is 8.36. The Morgan fingerprint density at radius 1 is 0.962 bits per heavy atom. The van der Waals surface area contributed by atoms with E-state index in [1.807, 2.05) is 0 Å². The molecule has 0 fully saturated rings. The number of benzene rings is 1. The number of phenols is 1. The first-order valence-electron chi connectivity index (χ1n) is 9.30. The van der Waals surface area contributed by atoms with Gasteiger partial charge in [-0.1, -0.05) is 41.5 Å². The Balaban J connectivity index is 3.36. The smallest absolute Gasteiger partial charge is 0.200 e. The highest BCUT2D eigenvalue weighted by Crippen LogP contribution is 2.44. The first kappa shape index (κ1) is 23.1. The summed E-state index contributed by atoms with van der Waals surface area (Å²) in [6.07, 6.45) is -0.850. The summed E-state index contributed by atoms with van der Waals surface area (Å²) >= 11 is 0. The zero-order valence-electron chi connectivity index (χ0n) is 17.2. The molecule has 6 heteroatoms. The summed E-state index contributed by atoms with van der Waals surface area (Å²) in [5.74, 6) is -2.11. The largest absolute Gasteiger partial charge is 0.508 e. The Morgan fingerprint density at radius 3 is 1.65 bits per heavy atom. The van der Waals surface area contributed by atoms with Gasteiger partial charge in [-0.2, -0.15) is 0 Å². The highest BCUT2D eigenvalue weighted by Gasteiger charge is 2.48. The van der Waals surface area contributed by atoms with Crippen LogP contribution in [-0.4, -0.2) is 30.2 Å². The summed E-state index contributed by atoms with van der Waals surface area (Å²) in [6.45, 7) is 15.9. The van der Waals surface area contributed by atoms with Crippen molar-refractivity contribution in [1.82, 2.24) is 0 Å². The first-order chi connectivity index (χ1) is 11.7. The Hall–Kier alpha value is -0.983. The monoisotopic (exact) mass is 388 g/mol. The van der Waals surface area contributed by atoms with Gasteiger partial charge in [0.05, 0.1) is 11.7 Å². The minimum absolute atomic E-state index is 0.0949. The number of aliphatic hydroxyl groups is 1. The van der Waals surface area contributed by atoms with Crippen LogP contribution < -0.4 is 0 Å². The number of aromatic hydroxyl groups is 1. The molecular formula is C20H34F2O3Si. The molecule has 0 aliphatic rings. The molecule has 3 nitrogen and oxygen atoms in total. The van der Waals surface area contributed by atoms with E-state index in [2.05, 4.69) is 41.5 Å². The third-order valence-electron chi connectivity index (χ3n) is 5.36. The molecule has 1 aromatic carbocycles. The zero-order chi connectivity index (χ0) is 20.4. The van der Waals surface area contributed by atoms with E-state index in [0.717, 1.165) is 12.1 Å². The molecule has 0 unspecified atom stereocenters. The van der Waals surface area contributed by atoms with Crippen molar-refractivity contribution in [2.24, 2.45) is 0 Å². The summed E-state index contributed by atoms with van der Waals surface area (Å²) in [4.78, 5) is 0. The maximum atomic E-state index is 14.2. The second-order valence-corrected chi connectivity index (χ2v) is 14.1. The van der Waals surface area contributed by atoms with Crippen molar-refractivity contribution in [2.75, 3.05) is 0 Å². The van der Waals surface area contributed by atoms with Gasteiger partial charge in [-0.3, -0.25) is 0 Å². The van der Waals surface area contributed by atoms with Gasteiger partial charge in [0.1, 0.15) is 17.4 Å². The maximum absolute atomic E-state index is 14.2. The van der Waals surface area contributed by atoms with Gasteiger partial charge in [0.25, 0.3) is 0 Å². The minimum atomic E-state index is -2.35. The van der Waals surface area contributed by atoms with Crippen LogP contribution in [0.4, 0.5) is 8.78 Å². The van der Waals surface area contributed by atoms with Gasteiger partial charge in [-0.25, -0.2) is 8.78 Å². The molecule has 0 aromatic heterocycles. The van der Waals surface area contributed by atoms with Crippen molar-refractivity contribution in [3.8, 4) is 5.75 Å². The van der Waals surface area contributed by atoms with E-state index in [1.54, 1.807) is 13.8 Å². The molecular weight excluding hydrogens is 354 g/mol. The van der Waals surface area contributed by atoms with Crippen LogP contribution in [0.2, 0.25) is 16.6 Å². The third kappa shape index (κ3) is 4.84. The SMILES string of the molecule is CC(C)[Si](O[C@H](Cc1c(F)cc(O)cc1F)C(C)(C)O)(C(C)C)C(C)C. The standard InChI is InChI=1S/C20H34F2O3Si/c1-12(2)26(13(3)4,14(5)6)25-19(20(7,8)24)11-16-17(21)9-15(23)10-18(16)22/h9-10,12-14,19,23-24H,11H2,1-8H3/t19-/m1/s1. The molecule has 0 saturated heterocycles. The molecule has 1 atom stereocenters. The molecule has 2 N–H and O–H groups in total. The molecule has 0 radical (unpaired) electrons. The van der Waals surface area contributed by atoms with Crippen LogP contribution in [-0.2, 0) is 10.8 Å². The molecule has 0 heterocycles. The van der Waals surface area contributed by atoms with Crippen LogP contribution in [0.15, 0.2) is 12.1 Å². The summed E-state index contributed by atoms with van der Waals surface area (Å²) in [5, 5.41) is 20.1. The van der Waals surface area contributed by atoms with Gasteiger partial charge in [0.2, 0.25) is 8.32 Å². The van der Waals surface area contributed by atoms with Crippen molar-refractivity contribution in [1.29, 1.82) is 0 Å². The number of phenolic OH excluding ortho intramolecular Hbond substituents is 1. The fourth-order valence-corrected chi connectivity index (χ4v) is 9.74. The van der Waals surface area contributed by atoms with E-state index in [-0.39, 0.29) is 28.6 Å². The van der Waals surface area contributed by atoms with Crippen LogP contribution in [0.1, 0.15) is 61.0 Å². The lowest BCUT2D eigenvalue weighted by Crippen LogP contribution is -2.55. The molecule has 1 aromatic rings. The molecule has 0 aliphatic heterocycles. The fourth-order valence-electron chi connectivity index (χ4n) is 4.06. The molecule has 0 aliphatic carbocycles. The number of hydrogen-bond acceptors (Lipinski definition) is 3. The molecule has 150 valence electrons. The topological polar surface area (TPSA) is 49.7 Å². The summed E-state index contributed by atoms with van der Waals surface area (Å²) < 4.78 is 35.1. The summed E-state index contributed by atoms with van der Waals surface area (Å²) in [5.41, 5.74) is -0.604. The average Bonchev–Trinajstić information content (AvgIpc) is 2.42. The van der Waals surface area contributed by atoms with Gasteiger partial charge in [-0.15, -0.1) is 0 Å². The highest BCUT2D eigenvalue weighted by atomic mass is 28.4. The second-order valence-electron chi connectivity index (χ2n) is 8.67. The fraction of sp³-hybridized carbons (Fsp3) is 0.700. The Bertz CT molecular complexity index is 565. The lowest BCUT2D eigenvalue weighted by atomic mass is 9.95. The molecule has 0 spiro atoms. The molecule has 1 rings (SSSR count). The lowest BCUT2D eigenvalue weighted by Gasteiger charge is -2.47. The predicted molar refractivity (Wildman–Crippen MR) is 104 cm³/mol. The Kier molecular flexibility index (Phi) is 7.41. The van der Waals surface area contributed by atoms with Crippen LogP contribution in [0.5, 0.6) is 5.75 Å². The van der Waals surface area contributed by atoms with Crippen LogP contribution >= 0.6 is 0 Å². The van der Waals surface area contributed by atoms with E-state index in [0.29, 0.717) is 0 Å². The van der Waals surface area contributed by atoms with Gasteiger partial charge >= 0.3 is 0 Å². The summed E-state index contributed by atoms with van der Waals surface area (Å²) in [7, 11) is -2.35. The molecule has 26 heavy (non-hydrogen) atoms. The zero-order valence-corrected chi connectivity index (χ0v) is 18.2. The van der Waals surface area contributed by atoms with E-state index in [4.69, 9.17) is 4.43 Å². The van der Waals surface area contributed by atoms with Crippen molar-refractivity contribution >= 4 is 8.32 Å². The van der Waals surface area contributed by atoms with Crippen molar-refractivity contribution in [3.05, 3.63) is 29.3 Å². The van der Waals surface area contributed by atoms with Gasteiger partial charge in [0, 0.05) is 24.1 Å². The van der Waals surface area contributed by atoms with E-state index in [1.165, 1.54) is 0 Å². The molecule has 0 amide bonds. The average molecular weight is 389 g/mol. The number of halogens is 2. The molecule has 0 bridgehead atoms. The third-order valence-corrected chi connectivity index (χ3v) is 11.5. The predicted octanol–water partition coefficient (Wildman–Crippen LogP) is 5.54. The lowest BCUT2D eigenvalue weighted by molar-refractivity contribution is -0.0419. The van der Waals surface area contributed by atoms with Crippen LogP contribution in [0.3, 0.4) is 0 Å². The Morgan fingerprint density at radius 2 is 1.35 bits per heavy atom. The maximum Gasteiger partial charge on any atom is 0.200 e. The molecule has 0 saturated carbocycles. The van der Waals surface area contributed by atoms with Crippen LogP contribution in [0, 0.1) is 11.6 Å². The number of rotatable bonds is 8. The van der Waals surface area contributed by atoms with E-state index >= 15 is 0 Å².